The molecule has 1 aromatic rings. The van der Waals surface area contributed by atoms with E-state index in [0.29, 0.717) is 0 Å². The number of hydrogen-bond acceptors (Lipinski definition) is 3. The Morgan fingerprint density at radius 3 is 2.42 bits per heavy atom. The van der Waals surface area contributed by atoms with Gasteiger partial charge in [-0.1, -0.05) is 12.1 Å². The average Bonchev–Trinajstić information content (AvgIpc) is 1.94. The fourth-order valence-electron chi connectivity index (χ4n) is 0.686. The normalized spacial score (nSPS) is 8.67. The van der Waals surface area contributed by atoms with E-state index in [1.54, 1.807) is 0 Å². The summed E-state index contributed by atoms with van der Waals surface area (Å²) in [6, 6.07) is 3.03. The summed E-state index contributed by atoms with van der Waals surface area (Å²) < 4.78 is 0. The van der Waals surface area contributed by atoms with E-state index in [1.807, 2.05) is 0 Å². The van der Waals surface area contributed by atoms with Crippen LogP contribution in [-0.4, -0.2) is 16.2 Å². The Bertz CT molecular complexity index is 297. The van der Waals surface area contributed by atoms with Crippen molar-refractivity contribution < 1.29 is 71.5 Å². The Balaban J connectivity index is 0.00000121. The van der Waals surface area contributed by atoms with Crippen molar-refractivity contribution in [2.24, 2.45) is 0 Å². The molecule has 0 aromatic heterocycles. The Morgan fingerprint density at radius 2 is 2.00 bits per heavy atom. The SMILES string of the molecule is O=C(O)c1cc([O-])ccc1O.[K+]. The molecule has 1 aromatic carbocycles. The van der Waals surface area contributed by atoms with Crippen molar-refractivity contribution in [1.29, 1.82) is 0 Å². The molecule has 0 spiro atoms. The summed E-state index contributed by atoms with van der Waals surface area (Å²) in [5.41, 5.74) is -0.363. The third-order valence-electron chi connectivity index (χ3n) is 1.20. The van der Waals surface area contributed by atoms with Crippen LogP contribution >= 0.6 is 0 Å². The van der Waals surface area contributed by atoms with Crippen molar-refractivity contribution in [2.45, 2.75) is 0 Å². The summed E-state index contributed by atoms with van der Waals surface area (Å²) >= 11 is 0. The van der Waals surface area contributed by atoms with Gasteiger partial charge in [-0.3, -0.25) is 0 Å². The van der Waals surface area contributed by atoms with Crippen LogP contribution in [0.4, 0.5) is 0 Å². The molecule has 0 saturated heterocycles. The zero-order valence-corrected chi connectivity index (χ0v) is 9.57. The Morgan fingerprint density at radius 1 is 1.42 bits per heavy atom. The van der Waals surface area contributed by atoms with Gasteiger partial charge in [0.15, 0.2) is 0 Å². The smallest absolute Gasteiger partial charge is 0.872 e. The zero-order valence-electron chi connectivity index (χ0n) is 6.44. The van der Waals surface area contributed by atoms with Gasteiger partial charge in [0.25, 0.3) is 0 Å². The van der Waals surface area contributed by atoms with E-state index in [4.69, 9.17) is 10.2 Å². The fourth-order valence-corrected chi connectivity index (χ4v) is 0.686. The van der Waals surface area contributed by atoms with E-state index in [1.165, 1.54) is 0 Å². The number of hydrogen-bond donors (Lipinski definition) is 2. The first kappa shape index (κ1) is 11.9. The molecule has 0 aliphatic rings. The van der Waals surface area contributed by atoms with E-state index in [0.717, 1.165) is 18.2 Å². The molecule has 4 nitrogen and oxygen atoms in total. The summed E-state index contributed by atoms with van der Waals surface area (Å²) in [6.45, 7) is 0. The van der Waals surface area contributed by atoms with Crippen LogP contribution in [0.3, 0.4) is 0 Å². The molecule has 2 N–H and O–H groups in total. The first-order valence-electron chi connectivity index (χ1n) is 2.84. The molecule has 58 valence electrons. The van der Waals surface area contributed by atoms with Crippen molar-refractivity contribution >= 4 is 5.97 Å². The molecular weight excluding hydrogens is 187 g/mol. The summed E-state index contributed by atoms with van der Waals surface area (Å²) in [6.07, 6.45) is 0. The van der Waals surface area contributed by atoms with Gasteiger partial charge in [-0.15, -0.1) is 5.75 Å². The number of benzene rings is 1. The second-order valence-electron chi connectivity index (χ2n) is 1.98. The van der Waals surface area contributed by atoms with Crippen LogP contribution in [-0.2, 0) is 0 Å². The fraction of sp³-hybridized carbons (Fsp3) is 0. The van der Waals surface area contributed by atoms with Gasteiger partial charge >= 0.3 is 57.4 Å². The molecule has 0 amide bonds. The largest absolute Gasteiger partial charge is 1.00 e. The standard InChI is InChI=1S/C7H6O4.K/c8-4-1-2-6(9)5(3-4)7(10)11;/h1-3,8-9H,(H,10,11);/q;+1/p-1. The van der Waals surface area contributed by atoms with Gasteiger partial charge in [0.1, 0.15) is 11.3 Å². The summed E-state index contributed by atoms with van der Waals surface area (Å²) in [7, 11) is 0. The summed E-state index contributed by atoms with van der Waals surface area (Å²) in [4.78, 5) is 10.3. The predicted octanol–water partition coefficient (Wildman–Crippen LogP) is -2.83. The summed E-state index contributed by atoms with van der Waals surface area (Å²) in [5.74, 6) is -2.13. The van der Waals surface area contributed by atoms with Gasteiger partial charge in [0.05, 0.1) is 0 Å². The zero-order chi connectivity index (χ0) is 8.43. The minimum atomic E-state index is -1.31. The third kappa shape index (κ3) is 2.76. The quantitative estimate of drug-likeness (QED) is 0.470. The number of carboxylic acid groups (broad SMARTS) is 1. The average molecular weight is 192 g/mol. The Hall–Kier alpha value is -0.0736. The molecule has 0 bridgehead atoms. The number of phenols is 1. The predicted molar refractivity (Wildman–Crippen MR) is 34.5 cm³/mol. The Kier molecular flexibility index (Phi) is 4.80. The Labute approximate surface area is 111 Å². The molecule has 0 aliphatic heterocycles. The van der Waals surface area contributed by atoms with E-state index >= 15 is 0 Å². The minimum absolute atomic E-state index is 0. The topological polar surface area (TPSA) is 80.6 Å². The van der Waals surface area contributed by atoms with Gasteiger partial charge in [-0.25, -0.2) is 4.79 Å². The minimum Gasteiger partial charge on any atom is -0.872 e. The maximum atomic E-state index is 10.6. The number of aromatic carboxylic acids is 1. The summed E-state index contributed by atoms with van der Waals surface area (Å²) in [5, 5.41) is 27.8. The molecule has 0 atom stereocenters. The maximum absolute atomic E-state index is 10.6. The number of aromatic hydroxyl groups is 1. The molecule has 0 radical (unpaired) electrons. The van der Waals surface area contributed by atoms with Gasteiger partial charge in [0.2, 0.25) is 0 Å². The molecule has 0 aliphatic carbocycles. The number of carboxylic acids is 1. The molecule has 1 rings (SSSR count). The second-order valence-corrected chi connectivity index (χ2v) is 1.98. The molecule has 0 unspecified atom stereocenters. The van der Waals surface area contributed by atoms with Gasteiger partial charge in [0, 0.05) is 0 Å². The van der Waals surface area contributed by atoms with Crippen LogP contribution < -0.4 is 56.5 Å². The maximum Gasteiger partial charge on any atom is 1.00 e. The molecule has 0 heterocycles. The van der Waals surface area contributed by atoms with Crippen LogP contribution in [0.2, 0.25) is 0 Å². The van der Waals surface area contributed by atoms with Crippen LogP contribution in [0.5, 0.6) is 11.5 Å². The molecular formula is C7H5KO4. The van der Waals surface area contributed by atoms with E-state index in [-0.39, 0.29) is 56.9 Å². The second kappa shape index (κ2) is 4.83. The van der Waals surface area contributed by atoms with Crippen molar-refractivity contribution in [3.8, 4) is 11.5 Å². The third-order valence-corrected chi connectivity index (χ3v) is 1.20. The van der Waals surface area contributed by atoms with Crippen molar-refractivity contribution in [2.75, 3.05) is 0 Å². The molecule has 12 heavy (non-hydrogen) atoms. The van der Waals surface area contributed by atoms with E-state index in [9.17, 15) is 9.90 Å². The molecule has 5 heteroatoms. The van der Waals surface area contributed by atoms with Crippen LogP contribution in [0.25, 0.3) is 0 Å². The molecule has 0 saturated carbocycles. The number of carbonyl (C=O) groups is 1. The van der Waals surface area contributed by atoms with Crippen molar-refractivity contribution in [1.82, 2.24) is 0 Å². The van der Waals surface area contributed by atoms with Crippen LogP contribution in [0, 0.1) is 0 Å². The van der Waals surface area contributed by atoms with E-state index in [2.05, 4.69) is 0 Å². The van der Waals surface area contributed by atoms with Crippen LogP contribution in [0.1, 0.15) is 10.4 Å². The first-order chi connectivity index (χ1) is 5.11. The number of rotatable bonds is 1. The van der Waals surface area contributed by atoms with Crippen molar-refractivity contribution in [3.63, 3.8) is 0 Å². The first-order valence-corrected chi connectivity index (χ1v) is 2.84. The monoisotopic (exact) mass is 192 g/mol. The van der Waals surface area contributed by atoms with Crippen LogP contribution in [0.15, 0.2) is 18.2 Å². The van der Waals surface area contributed by atoms with E-state index < -0.39 is 17.5 Å². The van der Waals surface area contributed by atoms with Crippen molar-refractivity contribution in [3.05, 3.63) is 23.8 Å². The van der Waals surface area contributed by atoms with Gasteiger partial charge in [-0.05, 0) is 6.07 Å². The van der Waals surface area contributed by atoms with Gasteiger partial charge < -0.3 is 15.3 Å². The molecule has 0 fully saturated rings. The van der Waals surface area contributed by atoms with Gasteiger partial charge in [-0.2, -0.15) is 0 Å².